The number of hydrogen-bond acceptors (Lipinski definition) is 2. The number of benzene rings is 2. The maximum Gasteiger partial charge on any atom is 0.407 e. The number of rotatable bonds is 6. The molecule has 2 rings (SSSR count). The van der Waals surface area contributed by atoms with Gasteiger partial charge in [-0.2, -0.15) is 0 Å². The lowest BCUT2D eigenvalue weighted by Gasteiger charge is -2.18. The Kier molecular flexibility index (Phi) is 6.81. The summed E-state index contributed by atoms with van der Waals surface area (Å²) in [5.41, 5.74) is 3.65. The molecule has 0 atom stereocenters. The van der Waals surface area contributed by atoms with Crippen molar-refractivity contribution in [1.82, 2.24) is 5.32 Å². The standard InChI is InChI=1S/C22H27NO2/c1-22(2,3)20-14-12-18(13-15-20)9-7-8-16-23-21(24)25-17-19-10-5-4-6-11-19/h4-7,9-15H,8,16-17H2,1-3H3,(H,23,24). The molecular formula is C22H27NO2. The number of hydrogen-bond donors (Lipinski definition) is 1. The number of ether oxygens (including phenoxy) is 1. The van der Waals surface area contributed by atoms with E-state index in [4.69, 9.17) is 4.74 Å². The molecule has 0 bridgehead atoms. The molecule has 132 valence electrons. The molecule has 0 radical (unpaired) electrons. The van der Waals surface area contributed by atoms with Crippen LogP contribution in [0.4, 0.5) is 4.79 Å². The van der Waals surface area contributed by atoms with Gasteiger partial charge in [0.05, 0.1) is 0 Å². The van der Waals surface area contributed by atoms with Crippen molar-refractivity contribution in [2.24, 2.45) is 0 Å². The summed E-state index contributed by atoms with van der Waals surface area (Å²) >= 11 is 0. The largest absolute Gasteiger partial charge is 0.445 e. The number of amides is 1. The lowest BCUT2D eigenvalue weighted by molar-refractivity contribution is 0.140. The van der Waals surface area contributed by atoms with Gasteiger partial charge in [0.15, 0.2) is 0 Å². The zero-order valence-electron chi connectivity index (χ0n) is 15.3. The molecule has 0 heterocycles. The van der Waals surface area contributed by atoms with Crippen molar-refractivity contribution in [2.75, 3.05) is 6.54 Å². The minimum atomic E-state index is -0.383. The van der Waals surface area contributed by atoms with E-state index < -0.39 is 0 Å². The van der Waals surface area contributed by atoms with Gasteiger partial charge in [0.2, 0.25) is 0 Å². The first-order chi connectivity index (χ1) is 11.9. The maximum absolute atomic E-state index is 11.6. The van der Waals surface area contributed by atoms with E-state index in [-0.39, 0.29) is 11.5 Å². The summed E-state index contributed by atoms with van der Waals surface area (Å²) in [6, 6.07) is 18.2. The van der Waals surface area contributed by atoms with Gasteiger partial charge in [-0.05, 0) is 28.5 Å². The molecule has 1 amide bonds. The van der Waals surface area contributed by atoms with E-state index in [1.165, 1.54) is 11.1 Å². The van der Waals surface area contributed by atoms with Gasteiger partial charge in [0.25, 0.3) is 0 Å². The maximum atomic E-state index is 11.6. The summed E-state index contributed by atoms with van der Waals surface area (Å²) in [6.07, 6.45) is 4.51. The van der Waals surface area contributed by atoms with E-state index >= 15 is 0 Å². The normalized spacial score (nSPS) is 11.5. The fourth-order valence-electron chi connectivity index (χ4n) is 2.35. The Morgan fingerprint density at radius 1 is 1.04 bits per heavy atom. The fraction of sp³-hybridized carbons (Fsp3) is 0.318. The lowest BCUT2D eigenvalue weighted by atomic mass is 9.87. The van der Waals surface area contributed by atoms with Crippen molar-refractivity contribution in [3.63, 3.8) is 0 Å². The Bertz CT molecular complexity index is 682. The molecule has 0 aliphatic rings. The van der Waals surface area contributed by atoms with E-state index in [0.717, 1.165) is 12.0 Å². The first-order valence-electron chi connectivity index (χ1n) is 8.67. The molecule has 1 N–H and O–H groups in total. The third-order valence-corrected chi connectivity index (χ3v) is 3.88. The summed E-state index contributed by atoms with van der Waals surface area (Å²) in [5, 5.41) is 2.76. The molecule has 2 aromatic rings. The van der Waals surface area contributed by atoms with E-state index in [1.807, 2.05) is 30.3 Å². The van der Waals surface area contributed by atoms with Crippen LogP contribution >= 0.6 is 0 Å². The highest BCUT2D eigenvalue weighted by Gasteiger charge is 2.12. The summed E-state index contributed by atoms with van der Waals surface area (Å²) in [7, 11) is 0. The quantitative estimate of drug-likeness (QED) is 0.725. The highest BCUT2D eigenvalue weighted by atomic mass is 16.5. The zero-order valence-corrected chi connectivity index (χ0v) is 15.3. The average molecular weight is 337 g/mol. The second-order valence-corrected chi connectivity index (χ2v) is 7.05. The van der Waals surface area contributed by atoms with Crippen LogP contribution in [0.25, 0.3) is 6.08 Å². The van der Waals surface area contributed by atoms with Crippen LogP contribution in [0.15, 0.2) is 60.7 Å². The van der Waals surface area contributed by atoms with Crippen LogP contribution in [-0.4, -0.2) is 12.6 Å². The second-order valence-electron chi connectivity index (χ2n) is 7.05. The van der Waals surface area contributed by atoms with Gasteiger partial charge in [-0.25, -0.2) is 4.79 Å². The zero-order chi connectivity index (χ0) is 18.1. The Morgan fingerprint density at radius 2 is 1.72 bits per heavy atom. The van der Waals surface area contributed by atoms with Crippen molar-refractivity contribution in [1.29, 1.82) is 0 Å². The number of carbonyl (C=O) groups is 1. The highest BCUT2D eigenvalue weighted by molar-refractivity contribution is 5.67. The summed E-state index contributed by atoms with van der Waals surface area (Å²) in [6.45, 7) is 7.48. The van der Waals surface area contributed by atoms with E-state index in [2.05, 4.69) is 62.5 Å². The van der Waals surface area contributed by atoms with Crippen LogP contribution in [-0.2, 0) is 16.8 Å². The smallest absolute Gasteiger partial charge is 0.407 e. The van der Waals surface area contributed by atoms with Crippen LogP contribution in [0.2, 0.25) is 0 Å². The minimum Gasteiger partial charge on any atom is -0.445 e. The summed E-state index contributed by atoms with van der Waals surface area (Å²) in [4.78, 5) is 11.6. The van der Waals surface area contributed by atoms with Crippen molar-refractivity contribution in [3.8, 4) is 0 Å². The summed E-state index contributed by atoms with van der Waals surface area (Å²) < 4.78 is 5.16. The molecule has 0 saturated carbocycles. The number of alkyl carbamates (subject to hydrolysis) is 1. The van der Waals surface area contributed by atoms with Gasteiger partial charge < -0.3 is 10.1 Å². The molecule has 2 aromatic carbocycles. The molecule has 25 heavy (non-hydrogen) atoms. The monoisotopic (exact) mass is 337 g/mol. The van der Waals surface area contributed by atoms with Gasteiger partial charge in [-0.1, -0.05) is 87.5 Å². The van der Waals surface area contributed by atoms with Gasteiger partial charge >= 0.3 is 6.09 Å². The number of nitrogens with one attached hydrogen (secondary N) is 1. The van der Waals surface area contributed by atoms with E-state index in [0.29, 0.717) is 13.2 Å². The third kappa shape index (κ3) is 6.84. The highest BCUT2D eigenvalue weighted by Crippen LogP contribution is 2.22. The molecule has 0 saturated heterocycles. The fourth-order valence-corrected chi connectivity index (χ4v) is 2.35. The lowest BCUT2D eigenvalue weighted by Crippen LogP contribution is -2.24. The molecular weight excluding hydrogens is 310 g/mol. The van der Waals surface area contributed by atoms with Gasteiger partial charge in [0, 0.05) is 6.54 Å². The Hall–Kier alpha value is -2.55. The van der Waals surface area contributed by atoms with Crippen LogP contribution in [0, 0.1) is 0 Å². The van der Waals surface area contributed by atoms with Gasteiger partial charge in [-0.3, -0.25) is 0 Å². The van der Waals surface area contributed by atoms with Crippen molar-refractivity contribution >= 4 is 12.2 Å². The summed E-state index contributed by atoms with van der Waals surface area (Å²) in [5.74, 6) is 0. The minimum absolute atomic E-state index is 0.173. The van der Waals surface area contributed by atoms with E-state index in [9.17, 15) is 4.79 Å². The molecule has 0 spiro atoms. The van der Waals surface area contributed by atoms with Crippen molar-refractivity contribution in [2.45, 2.75) is 39.2 Å². The average Bonchev–Trinajstić information content (AvgIpc) is 2.60. The predicted octanol–water partition coefficient (Wildman–Crippen LogP) is 5.31. The molecule has 0 aliphatic heterocycles. The van der Waals surface area contributed by atoms with Crippen molar-refractivity contribution in [3.05, 3.63) is 77.4 Å². The van der Waals surface area contributed by atoms with Gasteiger partial charge in [0.1, 0.15) is 6.61 Å². The molecule has 0 aromatic heterocycles. The molecule has 0 fully saturated rings. The Morgan fingerprint density at radius 3 is 2.36 bits per heavy atom. The molecule has 0 unspecified atom stereocenters. The number of carbonyl (C=O) groups excluding carboxylic acids is 1. The molecule has 3 nitrogen and oxygen atoms in total. The molecule has 3 heteroatoms. The predicted molar refractivity (Wildman–Crippen MR) is 103 cm³/mol. The van der Waals surface area contributed by atoms with Crippen LogP contribution in [0.3, 0.4) is 0 Å². The van der Waals surface area contributed by atoms with Crippen LogP contribution in [0.1, 0.15) is 43.9 Å². The topological polar surface area (TPSA) is 38.3 Å². The second kappa shape index (κ2) is 9.07. The van der Waals surface area contributed by atoms with Crippen LogP contribution < -0.4 is 5.32 Å². The van der Waals surface area contributed by atoms with Crippen LogP contribution in [0.5, 0.6) is 0 Å². The van der Waals surface area contributed by atoms with Crippen molar-refractivity contribution < 1.29 is 9.53 Å². The SMILES string of the molecule is CC(C)(C)c1ccc(C=CCCNC(=O)OCc2ccccc2)cc1. The third-order valence-electron chi connectivity index (χ3n) is 3.88. The van der Waals surface area contributed by atoms with E-state index in [1.54, 1.807) is 0 Å². The van der Waals surface area contributed by atoms with Gasteiger partial charge in [-0.15, -0.1) is 0 Å². The Labute approximate surface area is 150 Å². The Balaban J connectivity index is 1.66. The first kappa shape index (κ1) is 18.8. The molecule has 0 aliphatic carbocycles. The first-order valence-corrected chi connectivity index (χ1v) is 8.67.